The third-order valence-electron chi connectivity index (χ3n) is 4.51. The Labute approximate surface area is 148 Å². The van der Waals surface area contributed by atoms with Gasteiger partial charge in [-0.1, -0.05) is 30.9 Å². The first-order valence-corrected chi connectivity index (χ1v) is 9.93. The second-order valence-corrected chi connectivity index (χ2v) is 8.09. The van der Waals surface area contributed by atoms with Gasteiger partial charge in [0.2, 0.25) is 10.0 Å². The maximum atomic E-state index is 12.8. The largest absolute Gasteiger partial charge is 0.493 e. The van der Waals surface area contributed by atoms with Crippen LogP contribution in [0.4, 0.5) is 0 Å². The van der Waals surface area contributed by atoms with Gasteiger partial charge in [-0.2, -0.15) is 0 Å². The summed E-state index contributed by atoms with van der Waals surface area (Å²) in [6.07, 6.45) is 5.40. The van der Waals surface area contributed by atoms with Gasteiger partial charge in [-0.05, 0) is 18.8 Å². The van der Waals surface area contributed by atoms with Crippen LogP contribution >= 0.6 is 11.6 Å². The number of ether oxygens (including phenoxy) is 2. The first-order valence-electron chi connectivity index (χ1n) is 8.07. The normalized spacial score (nSPS) is 17.5. The molecule has 0 heterocycles. The van der Waals surface area contributed by atoms with Crippen molar-refractivity contribution in [3.8, 4) is 11.5 Å². The third-order valence-corrected chi connectivity index (χ3v) is 6.46. The molecular weight excluding hydrogens is 352 g/mol. The summed E-state index contributed by atoms with van der Waals surface area (Å²) in [6.45, 7) is 0.259. The van der Waals surface area contributed by atoms with Gasteiger partial charge < -0.3 is 15.2 Å². The number of sulfonamides is 1. The SMILES string of the molecule is COc1cc(Cl)c(S(=O)(=O)NC(CN)C2CCCCC2)cc1OC. The van der Waals surface area contributed by atoms with Crippen LogP contribution in [0.3, 0.4) is 0 Å². The zero-order valence-corrected chi connectivity index (χ0v) is 15.6. The van der Waals surface area contributed by atoms with E-state index in [4.69, 9.17) is 26.8 Å². The smallest absolute Gasteiger partial charge is 0.242 e. The van der Waals surface area contributed by atoms with Crippen LogP contribution in [0.25, 0.3) is 0 Å². The Morgan fingerprint density at radius 1 is 1.21 bits per heavy atom. The monoisotopic (exact) mass is 376 g/mol. The molecule has 0 radical (unpaired) electrons. The van der Waals surface area contributed by atoms with Gasteiger partial charge in [-0.15, -0.1) is 0 Å². The predicted molar refractivity (Wildman–Crippen MR) is 94.3 cm³/mol. The van der Waals surface area contributed by atoms with Gasteiger partial charge in [0.1, 0.15) is 4.90 Å². The first kappa shape index (κ1) is 19.3. The van der Waals surface area contributed by atoms with Crippen molar-refractivity contribution in [3.63, 3.8) is 0 Å². The van der Waals surface area contributed by atoms with Gasteiger partial charge >= 0.3 is 0 Å². The molecule has 24 heavy (non-hydrogen) atoms. The molecule has 1 aromatic carbocycles. The van der Waals surface area contributed by atoms with Crippen molar-refractivity contribution in [2.75, 3.05) is 20.8 Å². The third kappa shape index (κ3) is 4.33. The van der Waals surface area contributed by atoms with Crippen LogP contribution in [0.15, 0.2) is 17.0 Å². The Kier molecular flexibility index (Phi) is 6.74. The van der Waals surface area contributed by atoms with Crippen molar-refractivity contribution in [1.82, 2.24) is 4.72 Å². The van der Waals surface area contributed by atoms with Gasteiger partial charge in [-0.25, -0.2) is 13.1 Å². The van der Waals surface area contributed by atoms with Crippen molar-refractivity contribution >= 4 is 21.6 Å². The molecule has 8 heteroatoms. The van der Waals surface area contributed by atoms with Crippen LogP contribution in [-0.2, 0) is 10.0 Å². The minimum atomic E-state index is -3.81. The molecule has 1 fully saturated rings. The molecule has 3 N–H and O–H groups in total. The van der Waals surface area contributed by atoms with E-state index in [1.165, 1.54) is 32.8 Å². The molecule has 1 aliphatic rings. The molecule has 0 aliphatic heterocycles. The molecule has 6 nitrogen and oxygen atoms in total. The molecule has 2 rings (SSSR count). The average Bonchev–Trinajstić information content (AvgIpc) is 2.59. The summed E-state index contributed by atoms with van der Waals surface area (Å²) in [5.41, 5.74) is 5.82. The van der Waals surface area contributed by atoms with Crippen LogP contribution in [0, 0.1) is 5.92 Å². The van der Waals surface area contributed by atoms with Crippen LogP contribution in [0.5, 0.6) is 11.5 Å². The van der Waals surface area contributed by atoms with Gasteiger partial charge in [0.15, 0.2) is 11.5 Å². The van der Waals surface area contributed by atoms with E-state index >= 15 is 0 Å². The highest BCUT2D eigenvalue weighted by atomic mass is 35.5. The van der Waals surface area contributed by atoms with E-state index in [1.54, 1.807) is 0 Å². The topological polar surface area (TPSA) is 90.7 Å². The van der Waals surface area contributed by atoms with E-state index in [1.807, 2.05) is 0 Å². The van der Waals surface area contributed by atoms with Gasteiger partial charge in [-0.3, -0.25) is 0 Å². The lowest BCUT2D eigenvalue weighted by atomic mass is 9.84. The number of nitrogens with two attached hydrogens (primary N) is 1. The van der Waals surface area contributed by atoms with E-state index in [2.05, 4.69) is 4.72 Å². The van der Waals surface area contributed by atoms with Crippen molar-refractivity contribution in [2.24, 2.45) is 11.7 Å². The molecule has 1 unspecified atom stereocenters. The number of hydrogen-bond acceptors (Lipinski definition) is 5. The lowest BCUT2D eigenvalue weighted by Gasteiger charge is -2.30. The Balaban J connectivity index is 2.28. The molecule has 1 aliphatic carbocycles. The number of benzene rings is 1. The highest BCUT2D eigenvalue weighted by Crippen LogP contribution is 2.35. The summed E-state index contributed by atoms with van der Waals surface area (Å²) in [5.74, 6) is 0.950. The van der Waals surface area contributed by atoms with E-state index < -0.39 is 10.0 Å². The van der Waals surface area contributed by atoms with E-state index in [0.29, 0.717) is 11.5 Å². The molecule has 0 bridgehead atoms. The van der Waals surface area contributed by atoms with Crippen LogP contribution in [0.1, 0.15) is 32.1 Å². The number of methoxy groups -OCH3 is 2. The molecule has 1 aromatic rings. The number of nitrogens with one attached hydrogen (secondary N) is 1. The Hall–Kier alpha value is -1.02. The fraction of sp³-hybridized carbons (Fsp3) is 0.625. The van der Waals surface area contributed by atoms with Gasteiger partial charge in [0.25, 0.3) is 0 Å². The summed E-state index contributed by atoms with van der Waals surface area (Å²) in [7, 11) is -0.896. The second-order valence-electron chi connectivity index (χ2n) is 6.00. The van der Waals surface area contributed by atoms with Gasteiger partial charge in [0.05, 0.1) is 19.2 Å². The van der Waals surface area contributed by atoms with Crippen LogP contribution in [-0.4, -0.2) is 35.2 Å². The number of rotatable bonds is 7. The lowest BCUT2D eigenvalue weighted by Crippen LogP contribution is -2.45. The highest BCUT2D eigenvalue weighted by Gasteiger charge is 2.29. The predicted octanol–water partition coefficient (Wildman–Crippen LogP) is 2.54. The molecule has 1 saturated carbocycles. The molecule has 0 amide bonds. The standard InChI is InChI=1S/C16H25ClN2O4S/c1-22-14-8-12(17)16(9-15(14)23-2)24(20,21)19-13(10-18)11-6-4-3-5-7-11/h8-9,11,13,19H,3-7,10,18H2,1-2H3. The van der Waals surface area contributed by atoms with E-state index in [9.17, 15) is 8.42 Å². The second kappa shape index (κ2) is 8.38. The molecule has 136 valence electrons. The van der Waals surface area contributed by atoms with Crippen molar-refractivity contribution < 1.29 is 17.9 Å². The minimum absolute atomic E-state index is 0.0314. The summed E-state index contributed by atoms with van der Waals surface area (Å²) < 4.78 is 38.6. The summed E-state index contributed by atoms with van der Waals surface area (Å²) in [6, 6.07) is 2.52. The van der Waals surface area contributed by atoms with Crippen molar-refractivity contribution in [3.05, 3.63) is 17.2 Å². The number of hydrogen-bond donors (Lipinski definition) is 2. The fourth-order valence-electron chi connectivity index (χ4n) is 3.18. The Morgan fingerprint density at radius 2 is 1.79 bits per heavy atom. The van der Waals surface area contributed by atoms with Crippen molar-refractivity contribution in [1.29, 1.82) is 0 Å². The lowest BCUT2D eigenvalue weighted by molar-refractivity contribution is 0.294. The molecule has 1 atom stereocenters. The molecule has 0 saturated heterocycles. The summed E-state index contributed by atoms with van der Waals surface area (Å²) in [4.78, 5) is -0.0314. The summed E-state index contributed by atoms with van der Waals surface area (Å²) >= 11 is 6.15. The first-order chi connectivity index (χ1) is 11.4. The van der Waals surface area contributed by atoms with E-state index in [-0.39, 0.29) is 28.4 Å². The molecule has 0 aromatic heterocycles. The van der Waals surface area contributed by atoms with Crippen molar-refractivity contribution in [2.45, 2.75) is 43.0 Å². The highest BCUT2D eigenvalue weighted by molar-refractivity contribution is 7.89. The minimum Gasteiger partial charge on any atom is -0.493 e. The summed E-state index contributed by atoms with van der Waals surface area (Å²) in [5, 5.41) is 0.0829. The van der Waals surface area contributed by atoms with Crippen LogP contribution < -0.4 is 19.9 Å². The maximum absolute atomic E-state index is 12.8. The van der Waals surface area contributed by atoms with Crippen LogP contribution in [0.2, 0.25) is 5.02 Å². The number of halogens is 1. The Morgan fingerprint density at radius 3 is 2.33 bits per heavy atom. The maximum Gasteiger partial charge on any atom is 0.242 e. The zero-order valence-electron chi connectivity index (χ0n) is 14.0. The fourth-order valence-corrected chi connectivity index (χ4v) is 5.03. The Bertz CT molecular complexity index is 660. The van der Waals surface area contributed by atoms with E-state index in [0.717, 1.165) is 25.7 Å². The molecule has 0 spiro atoms. The quantitative estimate of drug-likeness (QED) is 0.763. The zero-order chi connectivity index (χ0) is 17.7. The average molecular weight is 377 g/mol. The van der Waals surface area contributed by atoms with Gasteiger partial charge in [0, 0.05) is 24.7 Å². The molecular formula is C16H25ClN2O4S.